The number of esters is 1. The van der Waals surface area contributed by atoms with Gasteiger partial charge in [-0.25, -0.2) is 4.79 Å². The molecular weight excluding hydrogens is 311 g/mol. The summed E-state index contributed by atoms with van der Waals surface area (Å²) in [7, 11) is 1.57. The lowest BCUT2D eigenvalue weighted by Gasteiger charge is -2.09. The molecule has 0 aliphatic carbocycles. The van der Waals surface area contributed by atoms with E-state index in [0.717, 1.165) is 0 Å². The van der Waals surface area contributed by atoms with Gasteiger partial charge in [-0.1, -0.05) is 6.08 Å². The number of carbonyl (C=O) groups is 1. The molecule has 0 aromatic heterocycles. The number of hydrogen-bond acceptors (Lipinski definition) is 4. The van der Waals surface area contributed by atoms with E-state index < -0.39 is 0 Å². The Morgan fingerprint density at radius 2 is 2.20 bits per heavy atom. The van der Waals surface area contributed by atoms with Gasteiger partial charge in [-0.2, -0.15) is 0 Å². The van der Waals surface area contributed by atoms with Crippen molar-refractivity contribution >= 4 is 28.6 Å². The monoisotopic (exact) mass is 328 g/mol. The standard InChI is InChI=1S/C10H17IO4/c1-4-14-10(12)9(11)6-5-8(2)15-7-13-3/h6,8H,4-5,7H2,1-3H3/t8-/m1/s1. The summed E-state index contributed by atoms with van der Waals surface area (Å²) in [4.78, 5) is 11.2. The molecule has 0 aliphatic heterocycles. The van der Waals surface area contributed by atoms with Crippen LogP contribution >= 0.6 is 22.6 Å². The van der Waals surface area contributed by atoms with E-state index >= 15 is 0 Å². The van der Waals surface area contributed by atoms with Crippen molar-refractivity contribution < 1.29 is 19.0 Å². The SMILES string of the molecule is CCOC(=O)C(I)=CC[C@@H](C)OCOC. The van der Waals surface area contributed by atoms with Crippen molar-refractivity contribution in [2.45, 2.75) is 26.4 Å². The minimum Gasteiger partial charge on any atom is -0.462 e. The summed E-state index contributed by atoms with van der Waals surface area (Å²) in [6.45, 7) is 4.37. The van der Waals surface area contributed by atoms with E-state index in [2.05, 4.69) is 0 Å². The van der Waals surface area contributed by atoms with Crippen molar-refractivity contribution in [1.82, 2.24) is 0 Å². The molecule has 0 saturated carbocycles. The van der Waals surface area contributed by atoms with E-state index in [0.29, 0.717) is 16.6 Å². The largest absolute Gasteiger partial charge is 0.462 e. The lowest BCUT2D eigenvalue weighted by molar-refractivity contribution is -0.137. The normalized spacial score (nSPS) is 13.7. The Morgan fingerprint density at radius 3 is 2.73 bits per heavy atom. The Balaban J connectivity index is 3.87. The fourth-order valence-electron chi connectivity index (χ4n) is 0.805. The number of rotatable bonds is 7. The second-order valence-electron chi connectivity index (χ2n) is 2.89. The lowest BCUT2D eigenvalue weighted by Crippen LogP contribution is -2.10. The smallest absolute Gasteiger partial charge is 0.344 e. The van der Waals surface area contributed by atoms with Crippen molar-refractivity contribution in [3.63, 3.8) is 0 Å². The van der Waals surface area contributed by atoms with Crippen LogP contribution in [0.15, 0.2) is 9.66 Å². The van der Waals surface area contributed by atoms with E-state index in [1.807, 2.05) is 29.5 Å². The maximum absolute atomic E-state index is 11.2. The summed E-state index contributed by atoms with van der Waals surface area (Å²) in [5.41, 5.74) is 0. The van der Waals surface area contributed by atoms with Gasteiger partial charge in [0.25, 0.3) is 0 Å². The molecule has 4 nitrogen and oxygen atoms in total. The number of hydrogen-bond donors (Lipinski definition) is 0. The topological polar surface area (TPSA) is 44.8 Å². The highest BCUT2D eigenvalue weighted by Gasteiger charge is 2.07. The Labute approximate surface area is 104 Å². The molecule has 0 amide bonds. The highest BCUT2D eigenvalue weighted by atomic mass is 127. The van der Waals surface area contributed by atoms with E-state index in [9.17, 15) is 4.79 Å². The Hall–Kier alpha value is -0.140. The summed E-state index contributed by atoms with van der Waals surface area (Å²) in [6, 6.07) is 0. The first-order valence-electron chi connectivity index (χ1n) is 4.75. The molecule has 0 bridgehead atoms. The lowest BCUT2D eigenvalue weighted by atomic mass is 10.2. The van der Waals surface area contributed by atoms with E-state index in [4.69, 9.17) is 14.2 Å². The van der Waals surface area contributed by atoms with Crippen LogP contribution in [0.5, 0.6) is 0 Å². The van der Waals surface area contributed by atoms with Crippen LogP contribution < -0.4 is 0 Å². The van der Waals surface area contributed by atoms with Gasteiger partial charge >= 0.3 is 5.97 Å². The van der Waals surface area contributed by atoms with Crippen molar-refractivity contribution in [3.8, 4) is 0 Å². The third-order valence-electron chi connectivity index (χ3n) is 1.57. The number of ether oxygens (including phenoxy) is 3. The van der Waals surface area contributed by atoms with Crippen LogP contribution in [0.25, 0.3) is 0 Å². The molecule has 1 atom stereocenters. The average Bonchev–Trinajstić information content (AvgIpc) is 2.23. The molecule has 0 aromatic rings. The van der Waals surface area contributed by atoms with Gasteiger partial charge in [0.15, 0.2) is 0 Å². The quantitative estimate of drug-likeness (QED) is 0.311. The average molecular weight is 328 g/mol. The molecule has 0 radical (unpaired) electrons. The van der Waals surface area contributed by atoms with Crippen LogP contribution in [-0.4, -0.2) is 32.6 Å². The van der Waals surface area contributed by atoms with Crippen molar-refractivity contribution in [1.29, 1.82) is 0 Å². The summed E-state index contributed by atoms with van der Waals surface area (Å²) >= 11 is 1.96. The third kappa shape index (κ3) is 7.75. The molecule has 88 valence electrons. The first kappa shape index (κ1) is 14.9. The van der Waals surface area contributed by atoms with Crippen LogP contribution in [0.2, 0.25) is 0 Å². The van der Waals surface area contributed by atoms with Gasteiger partial charge in [0, 0.05) is 7.11 Å². The van der Waals surface area contributed by atoms with Crippen molar-refractivity contribution in [2.75, 3.05) is 20.5 Å². The van der Waals surface area contributed by atoms with Gasteiger partial charge in [0.05, 0.1) is 16.3 Å². The minimum atomic E-state index is -0.281. The van der Waals surface area contributed by atoms with Crippen LogP contribution in [0, 0.1) is 0 Å². The molecule has 0 N–H and O–H groups in total. The zero-order chi connectivity index (χ0) is 11.7. The first-order chi connectivity index (χ1) is 7.11. The Bertz CT molecular complexity index is 215. The van der Waals surface area contributed by atoms with Crippen molar-refractivity contribution in [3.05, 3.63) is 9.66 Å². The van der Waals surface area contributed by atoms with E-state index in [-0.39, 0.29) is 18.9 Å². The molecule has 5 heteroatoms. The molecule has 0 aromatic carbocycles. The van der Waals surface area contributed by atoms with E-state index in [1.165, 1.54) is 0 Å². The van der Waals surface area contributed by atoms with Gasteiger partial charge < -0.3 is 14.2 Å². The van der Waals surface area contributed by atoms with Crippen LogP contribution in [0.1, 0.15) is 20.3 Å². The van der Waals surface area contributed by atoms with Gasteiger partial charge in [0.2, 0.25) is 0 Å². The Kier molecular flexibility index (Phi) is 9.03. The fourth-order valence-corrected chi connectivity index (χ4v) is 1.22. The van der Waals surface area contributed by atoms with Gasteiger partial charge in [-0.3, -0.25) is 0 Å². The Morgan fingerprint density at radius 1 is 1.53 bits per heavy atom. The van der Waals surface area contributed by atoms with Gasteiger partial charge in [0.1, 0.15) is 6.79 Å². The summed E-state index contributed by atoms with van der Waals surface area (Å²) in [6.07, 6.45) is 2.50. The zero-order valence-corrected chi connectivity index (χ0v) is 11.4. The zero-order valence-electron chi connectivity index (χ0n) is 9.29. The number of halogens is 1. The third-order valence-corrected chi connectivity index (χ3v) is 2.45. The van der Waals surface area contributed by atoms with Crippen molar-refractivity contribution in [2.24, 2.45) is 0 Å². The maximum Gasteiger partial charge on any atom is 0.344 e. The number of carbonyl (C=O) groups excluding carboxylic acids is 1. The molecule has 0 unspecified atom stereocenters. The summed E-state index contributed by atoms with van der Waals surface area (Å²) in [5.74, 6) is -0.281. The molecule has 0 fully saturated rings. The molecule has 0 spiro atoms. The minimum absolute atomic E-state index is 0.0316. The molecule has 0 rings (SSSR count). The molecular formula is C10H17IO4. The van der Waals surface area contributed by atoms with E-state index in [1.54, 1.807) is 20.1 Å². The fraction of sp³-hybridized carbons (Fsp3) is 0.700. The predicted molar refractivity (Wildman–Crippen MR) is 65.8 cm³/mol. The van der Waals surface area contributed by atoms with Crippen LogP contribution in [0.4, 0.5) is 0 Å². The first-order valence-corrected chi connectivity index (χ1v) is 5.83. The second kappa shape index (κ2) is 9.11. The summed E-state index contributed by atoms with van der Waals surface area (Å²) in [5, 5.41) is 0. The van der Waals surface area contributed by atoms with Gasteiger partial charge in [-0.05, 0) is 42.9 Å². The second-order valence-corrected chi connectivity index (χ2v) is 4.05. The molecule has 15 heavy (non-hydrogen) atoms. The highest BCUT2D eigenvalue weighted by molar-refractivity contribution is 14.1. The van der Waals surface area contributed by atoms with Crippen LogP contribution in [0.3, 0.4) is 0 Å². The molecule has 0 aliphatic rings. The predicted octanol–water partition coefficient (Wildman–Crippen LogP) is 2.27. The maximum atomic E-state index is 11.2. The molecule has 0 saturated heterocycles. The highest BCUT2D eigenvalue weighted by Crippen LogP contribution is 2.11. The summed E-state index contributed by atoms with van der Waals surface area (Å²) < 4.78 is 15.5. The number of methoxy groups -OCH3 is 1. The molecule has 0 heterocycles. The van der Waals surface area contributed by atoms with Crippen LogP contribution in [-0.2, 0) is 19.0 Å². The van der Waals surface area contributed by atoms with Gasteiger partial charge in [-0.15, -0.1) is 0 Å².